The molecule has 2 aromatic carbocycles. The minimum atomic E-state index is -3.34. The van der Waals surface area contributed by atoms with E-state index in [1.54, 1.807) is 0 Å². The van der Waals surface area contributed by atoms with E-state index in [9.17, 15) is 18.4 Å². The van der Waals surface area contributed by atoms with Crippen molar-refractivity contribution >= 4 is 23.2 Å². The minimum Gasteiger partial charge on any atom is -0.431 e. The second kappa shape index (κ2) is 9.01. The first-order valence-electron chi connectivity index (χ1n) is 11.2. The maximum Gasteiger partial charge on any atom is 0.402 e. The highest BCUT2D eigenvalue weighted by Gasteiger charge is 2.42. The zero-order valence-corrected chi connectivity index (χ0v) is 20.0. The van der Waals surface area contributed by atoms with Gasteiger partial charge in [-0.25, -0.2) is 4.98 Å². The molecule has 0 bridgehead atoms. The molecule has 1 fully saturated rings. The smallest absolute Gasteiger partial charge is 0.402 e. The Labute approximate surface area is 204 Å². The van der Waals surface area contributed by atoms with Crippen molar-refractivity contribution < 1.29 is 27.8 Å². The van der Waals surface area contributed by atoms with Crippen LogP contribution < -0.4 is 10.1 Å². The Morgan fingerprint density at radius 1 is 1.23 bits per heavy atom. The summed E-state index contributed by atoms with van der Waals surface area (Å²) >= 11 is 1.45. The van der Waals surface area contributed by atoms with E-state index in [1.165, 1.54) is 34.4 Å². The number of aryl methyl sites for hydroxylation is 2. The van der Waals surface area contributed by atoms with Crippen molar-refractivity contribution in [3.63, 3.8) is 0 Å². The van der Waals surface area contributed by atoms with Crippen molar-refractivity contribution in [3.8, 4) is 16.2 Å². The lowest BCUT2D eigenvalue weighted by molar-refractivity contribution is -0.159. The molecular weight excluding hydrogens is 476 g/mol. The molecule has 0 aliphatic carbocycles. The third kappa shape index (κ3) is 4.63. The summed E-state index contributed by atoms with van der Waals surface area (Å²) in [6.07, 6.45) is -4.62. The molecule has 1 N–H and O–H groups in total. The molecule has 1 saturated heterocycles. The van der Waals surface area contributed by atoms with Crippen LogP contribution in [0.1, 0.15) is 37.0 Å². The first kappa shape index (κ1) is 23.4. The van der Waals surface area contributed by atoms with Gasteiger partial charge in [0.05, 0.1) is 35.0 Å². The lowest BCUT2D eigenvalue weighted by atomic mass is 10.1. The Morgan fingerprint density at radius 2 is 2.03 bits per heavy atom. The predicted molar refractivity (Wildman–Crippen MR) is 126 cm³/mol. The number of hydrogen-bond donors (Lipinski definition) is 1. The summed E-state index contributed by atoms with van der Waals surface area (Å²) < 4.78 is 37.7. The number of rotatable bonds is 5. The van der Waals surface area contributed by atoms with Crippen LogP contribution in [0.15, 0.2) is 42.5 Å². The summed E-state index contributed by atoms with van der Waals surface area (Å²) in [5.74, 6) is -0.977. The van der Waals surface area contributed by atoms with Crippen LogP contribution >= 0.6 is 11.3 Å². The SMILES string of the molecule is Cc1cccc(-c2sc(C)nc2C(=O)N2CCOC2CNC(=O)c2cccc3c2OC(F)(F)C3)c1. The number of halogens is 2. The Hall–Kier alpha value is -3.37. The third-order valence-electron chi connectivity index (χ3n) is 5.89. The molecule has 0 spiro atoms. The second-order valence-electron chi connectivity index (χ2n) is 8.52. The fourth-order valence-corrected chi connectivity index (χ4v) is 5.23. The van der Waals surface area contributed by atoms with Crippen LogP contribution in [0.3, 0.4) is 0 Å². The van der Waals surface area contributed by atoms with Crippen molar-refractivity contribution in [1.29, 1.82) is 0 Å². The van der Waals surface area contributed by atoms with Crippen LogP contribution in [-0.4, -0.2) is 53.7 Å². The van der Waals surface area contributed by atoms with E-state index in [4.69, 9.17) is 9.47 Å². The number of thiazole rings is 1. The molecule has 5 rings (SSSR count). The Morgan fingerprint density at radius 3 is 2.83 bits per heavy atom. The molecule has 1 atom stereocenters. The number of nitrogens with one attached hydrogen (secondary N) is 1. The van der Waals surface area contributed by atoms with Gasteiger partial charge in [-0.15, -0.1) is 11.3 Å². The Balaban J connectivity index is 1.31. The molecule has 2 aliphatic heterocycles. The van der Waals surface area contributed by atoms with E-state index in [-0.39, 0.29) is 29.3 Å². The number of amides is 2. The minimum absolute atomic E-state index is 0.00642. The molecule has 2 amide bonds. The normalized spacial score (nSPS) is 18.3. The number of benzene rings is 2. The molecule has 3 aromatic rings. The molecular formula is C25H23F2N3O4S. The maximum atomic E-state index is 13.7. The summed E-state index contributed by atoms with van der Waals surface area (Å²) in [6.45, 7) is 4.49. The lowest BCUT2D eigenvalue weighted by Gasteiger charge is -2.23. The van der Waals surface area contributed by atoms with Gasteiger partial charge < -0.3 is 19.7 Å². The fourth-order valence-electron chi connectivity index (χ4n) is 4.32. The van der Waals surface area contributed by atoms with Gasteiger partial charge in [0.2, 0.25) is 0 Å². The van der Waals surface area contributed by atoms with Gasteiger partial charge in [0.1, 0.15) is 17.7 Å². The highest BCUT2D eigenvalue weighted by molar-refractivity contribution is 7.15. The highest BCUT2D eigenvalue weighted by atomic mass is 32.1. The van der Waals surface area contributed by atoms with E-state index < -0.39 is 24.7 Å². The van der Waals surface area contributed by atoms with Gasteiger partial charge in [-0.1, -0.05) is 42.0 Å². The number of alkyl halides is 2. The number of fused-ring (bicyclic) bond motifs is 1. The number of carbonyl (C=O) groups excluding carboxylic acids is 2. The average Bonchev–Trinajstić information content (AvgIpc) is 3.52. The maximum absolute atomic E-state index is 13.7. The van der Waals surface area contributed by atoms with Crippen LogP contribution in [0.4, 0.5) is 8.78 Å². The van der Waals surface area contributed by atoms with Gasteiger partial charge in [-0.05, 0) is 25.5 Å². The third-order valence-corrected chi connectivity index (χ3v) is 6.91. The zero-order valence-electron chi connectivity index (χ0n) is 19.1. The molecule has 7 nitrogen and oxygen atoms in total. The molecule has 2 aliphatic rings. The van der Waals surface area contributed by atoms with E-state index in [2.05, 4.69) is 10.3 Å². The van der Waals surface area contributed by atoms with Gasteiger partial charge in [-0.2, -0.15) is 8.78 Å². The van der Waals surface area contributed by atoms with Crippen molar-refractivity contribution in [3.05, 3.63) is 69.9 Å². The number of para-hydroxylation sites is 1. The Kier molecular flexibility index (Phi) is 6.02. The lowest BCUT2D eigenvalue weighted by Crippen LogP contribution is -2.44. The first-order valence-corrected chi connectivity index (χ1v) is 12.0. The van der Waals surface area contributed by atoms with Gasteiger partial charge in [0.25, 0.3) is 11.8 Å². The average molecular weight is 500 g/mol. The van der Waals surface area contributed by atoms with Crippen LogP contribution in [-0.2, 0) is 11.2 Å². The topological polar surface area (TPSA) is 80.8 Å². The Bertz CT molecular complexity index is 1310. The van der Waals surface area contributed by atoms with Gasteiger partial charge >= 0.3 is 6.11 Å². The van der Waals surface area contributed by atoms with E-state index in [0.717, 1.165) is 21.0 Å². The summed E-state index contributed by atoms with van der Waals surface area (Å²) in [6, 6.07) is 12.4. The number of carbonyl (C=O) groups is 2. The highest BCUT2D eigenvalue weighted by Crippen LogP contribution is 2.39. The fraction of sp³-hybridized carbons (Fsp3) is 0.320. The molecule has 35 heavy (non-hydrogen) atoms. The van der Waals surface area contributed by atoms with E-state index >= 15 is 0 Å². The first-order chi connectivity index (χ1) is 16.7. The van der Waals surface area contributed by atoms with Crippen molar-refractivity contribution in [2.45, 2.75) is 32.6 Å². The van der Waals surface area contributed by atoms with Crippen molar-refractivity contribution in [1.82, 2.24) is 15.2 Å². The number of aromatic nitrogens is 1. The molecule has 0 radical (unpaired) electrons. The largest absolute Gasteiger partial charge is 0.431 e. The van der Waals surface area contributed by atoms with Gasteiger partial charge in [-0.3, -0.25) is 9.59 Å². The quantitative estimate of drug-likeness (QED) is 0.570. The van der Waals surface area contributed by atoms with Crippen molar-refractivity contribution in [2.24, 2.45) is 0 Å². The molecule has 1 unspecified atom stereocenters. The summed E-state index contributed by atoms with van der Waals surface area (Å²) in [5, 5.41) is 3.46. The second-order valence-corrected chi connectivity index (χ2v) is 9.73. The van der Waals surface area contributed by atoms with Crippen LogP contribution in [0.5, 0.6) is 5.75 Å². The van der Waals surface area contributed by atoms with Crippen LogP contribution in [0.25, 0.3) is 10.4 Å². The molecule has 3 heterocycles. The van der Waals surface area contributed by atoms with Crippen molar-refractivity contribution in [2.75, 3.05) is 19.7 Å². The molecule has 182 valence electrons. The van der Waals surface area contributed by atoms with Gasteiger partial charge in [0, 0.05) is 12.1 Å². The van der Waals surface area contributed by atoms with Gasteiger partial charge in [0.15, 0.2) is 0 Å². The summed E-state index contributed by atoms with van der Waals surface area (Å²) in [7, 11) is 0. The predicted octanol–water partition coefficient (Wildman–Crippen LogP) is 4.18. The van der Waals surface area contributed by atoms with Crippen LogP contribution in [0, 0.1) is 13.8 Å². The summed E-state index contributed by atoms with van der Waals surface area (Å²) in [4.78, 5) is 33.1. The standard InChI is InChI=1S/C25H23F2N3O4S/c1-14-5-3-6-16(11-14)22-20(29-15(2)35-22)24(32)30-9-10-33-19(30)13-28-23(31)18-8-4-7-17-12-25(26,27)34-21(17)18/h3-8,11,19H,9-10,12-13H2,1-2H3,(H,28,31). The summed E-state index contributed by atoms with van der Waals surface area (Å²) in [5.41, 5.74) is 2.63. The van der Waals surface area contributed by atoms with Crippen LogP contribution in [0.2, 0.25) is 0 Å². The molecule has 0 saturated carbocycles. The number of ether oxygens (including phenoxy) is 2. The van der Waals surface area contributed by atoms with E-state index in [0.29, 0.717) is 18.8 Å². The van der Waals surface area contributed by atoms with E-state index in [1.807, 2.05) is 38.1 Å². The monoisotopic (exact) mass is 499 g/mol. The number of nitrogens with zero attached hydrogens (tertiary/aromatic N) is 2. The zero-order chi connectivity index (χ0) is 24.7. The number of hydrogen-bond acceptors (Lipinski definition) is 6. The molecule has 10 heteroatoms. The molecule has 1 aromatic heterocycles.